The Balaban J connectivity index is 1.62. The molecular weight excluding hydrogens is 264 g/mol. The molecule has 4 rings (SSSR count). The first-order chi connectivity index (χ1) is 10.2. The van der Waals surface area contributed by atoms with Gasteiger partial charge in [0.05, 0.1) is 6.04 Å². The summed E-state index contributed by atoms with van der Waals surface area (Å²) in [6.45, 7) is 4.24. The van der Waals surface area contributed by atoms with Gasteiger partial charge in [0.25, 0.3) is 0 Å². The van der Waals surface area contributed by atoms with E-state index in [0.29, 0.717) is 6.04 Å². The van der Waals surface area contributed by atoms with Crippen LogP contribution >= 0.6 is 0 Å². The van der Waals surface area contributed by atoms with E-state index in [1.807, 2.05) is 23.7 Å². The Morgan fingerprint density at radius 3 is 2.81 bits per heavy atom. The summed E-state index contributed by atoms with van der Waals surface area (Å²) >= 11 is 0. The van der Waals surface area contributed by atoms with Crippen molar-refractivity contribution in [2.75, 3.05) is 18.8 Å². The molecule has 21 heavy (non-hydrogen) atoms. The fraction of sp³-hybridized carbons (Fsp3) is 0.533. The van der Waals surface area contributed by atoms with Crippen LogP contribution in [0.25, 0.3) is 11.4 Å². The average molecular weight is 284 g/mol. The second-order valence-corrected chi connectivity index (χ2v) is 6.19. The normalized spacial score (nSPS) is 22.8. The van der Waals surface area contributed by atoms with Crippen molar-refractivity contribution in [2.45, 2.75) is 38.3 Å². The van der Waals surface area contributed by atoms with E-state index in [2.05, 4.69) is 26.5 Å². The summed E-state index contributed by atoms with van der Waals surface area (Å²) in [5.74, 6) is 0.848. The predicted molar refractivity (Wildman–Crippen MR) is 80.7 cm³/mol. The topological polar surface area (TPSA) is 72.9 Å². The predicted octanol–water partition coefficient (Wildman–Crippen LogP) is 1.64. The molecule has 1 aliphatic heterocycles. The maximum atomic E-state index is 5.90. The molecule has 0 amide bonds. The van der Waals surface area contributed by atoms with Gasteiger partial charge in [-0.15, -0.1) is 5.10 Å². The minimum Gasteiger partial charge on any atom is -0.399 e. The first-order valence-electron chi connectivity index (χ1n) is 7.61. The van der Waals surface area contributed by atoms with Crippen LogP contribution in [0.5, 0.6) is 0 Å². The summed E-state index contributed by atoms with van der Waals surface area (Å²) in [5.41, 5.74) is 8.80. The van der Waals surface area contributed by atoms with Gasteiger partial charge in [-0.2, -0.15) is 0 Å². The minimum atomic E-state index is 0.383. The molecule has 1 aromatic carbocycles. The molecule has 1 saturated heterocycles. The summed E-state index contributed by atoms with van der Waals surface area (Å²) in [7, 11) is 0. The van der Waals surface area contributed by atoms with E-state index in [-0.39, 0.29) is 0 Å². The lowest BCUT2D eigenvalue weighted by atomic mass is 10.1. The quantitative estimate of drug-likeness (QED) is 0.867. The number of nitrogens with two attached hydrogens (primary N) is 1. The third kappa shape index (κ3) is 2.29. The Kier molecular flexibility index (Phi) is 2.92. The van der Waals surface area contributed by atoms with Crippen LogP contribution in [0.3, 0.4) is 0 Å². The molecule has 1 aliphatic carbocycles. The first-order valence-corrected chi connectivity index (χ1v) is 7.61. The van der Waals surface area contributed by atoms with Gasteiger partial charge in [0.15, 0.2) is 5.82 Å². The Bertz CT molecular complexity index is 660. The van der Waals surface area contributed by atoms with E-state index in [1.165, 1.54) is 12.8 Å². The number of rotatable bonds is 3. The number of hydrogen-bond acceptors (Lipinski definition) is 5. The van der Waals surface area contributed by atoms with Gasteiger partial charge >= 0.3 is 0 Å². The van der Waals surface area contributed by atoms with E-state index in [9.17, 15) is 0 Å². The van der Waals surface area contributed by atoms with Crippen molar-refractivity contribution in [1.82, 2.24) is 25.1 Å². The molecule has 1 unspecified atom stereocenters. The highest BCUT2D eigenvalue weighted by atomic mass is 15.6. The molecule has 2 N–H and O–H groups in total. The largest absolute Gasteiger partial charge is 0.399 e. The van der Waals surface area contributed by atoms with Gasteiger partial charge in [-0.1, -0.05) is 0 Å². The maximum Gasteiger partial charge on any atom is 0.182 e. The van der Waals surface area contributed by atoms with Crippen LogP contribution in [0.15, 0.2) is 18.2 Å². The van der Waals surface area contributed by atoms with Crippen molar-refractivity contribution in [1.29, 1.82) is 0 Å². The van der Waals surface area contributed by atoms with Crippen LogP contribution in [0.1, 0.15) is 30.9 Å². The Hall–Kier alpha value is -1.95. The molecule has 1 saturated carbocycles. The van der Waals surface area contributed by atoms with Gasteiger partial charge in [0, 0.05) is 30.4 Å². The second kappa shape index (κ2) is 4.80. The lowest BCUT2D eigenvalue weighted by Gasteiger charge is -2.15. The van der Waals surface area contributed by atoms with Gasteiger partial charge in [0.1, 0.15) is 0 Å². The third-order valence-electron chi connectivity index (χ3n) is 4.62. The van der Waals surface area contributed by atoms with Crippen molar-refractivity contribution in [3.05, 3.63) is 23.8 Å². The fourth-order valence-electron chi connectivity index (χ4n) is 3.18. The van der Waals surface area contributed by atoms with Gasteiger partial charge in [-0.05, 0) is 60.4 Å². The number of anilines is 1. The van der Waals surface area contributed by atoms with Crippen LogP contribution in [-0.4, -0.2) is 44.2 Å². The molecule has 2 fully saturated rings. The maximum absolute atomic E-state index is 5.90. The summed E-state index contributed by atoms with van der Waals surface area (Å²) < 4.78 is 1.99. The molecule has 2 aliphatic rings. The third-order valence-corrected chi connectivity index (χ3v) is 4.62. The van der Waals surface area contributed by atoms with Gasteiger partial charge in [-0.25, -0.2) is 4.68 Å². The fourth-order valence-corrected chi connectivity index (χ4v) is 3.18. The standard InChI is InChI=1S/C15H20N6/c1-10-8-11(2-5-14(10)16)15-17-18-19-21(15)13-6-7-20(9-13)12-3-4-12/h2,5,8,12-13H,3-4,6-7,9,16H2,1H3. The highest BCUT2D eigenvalue weighted by Gasteiger charge is 2.36. The summed E-state index contributed by atoms with van der Waals surface area (Å²) in [6, 6.07) is 7.18. The highest BCUT2D eigenvalue weighted by Crippen LogP contribution is 2.34. The first kappa shape index (κ1) is 12.8. The molecule has 1 atom stereocenters. The molecule has 6 nitrogen and oxygen atoms in total. The number of benzene rings is 1. The van der Waals surface area contributed by atoms with Crippen molar-refractivity contribution < 1.29 is 0 Å². The smallest absolute Gasteiger partial charge is 0.182 e. The van der Waals surface area contributed by atoms with Crippen LogP contribution in [0.4, 0.5) is 5.69 Å². The Morgan fingerprint density at radius 2 is 2.05 bits per heavy atom. The minimum absolute atomic E-state index is 0.383. The number of nitrogen functional groups attached to an aromatic ring is 1. The van der Waals surface area contributed by atoms with E-state index >= 15 is 0 Å². The van der Waals surface area contributed by atoms with Crippen molar-refractivity contribution in [3.63, 3.8) is 0 Å². The monoisotopic (exact) mass is 284 g/mol. The van der Waals surface area contributed by atoms with Gasteiger partial charge < -0.3 is 5.73 Å². The lowest BCUT2D eigenvalue weighted by Crippen LogP contribution is -2.24. The van der Waals surface area contributed by atoms with Gasteiger partial charge in [-0.3, -0.25) is 4.90 Å². The summed E-state index contributed by atoms with van der Waals surface area (Å²) in [6.07, 6.45) is 3.83. The van der Waals surface area contributed by atoms with Crippen LogP contribution in [0, 0.1) is 6.92 Å². The van der Waals surface area contributed by atoms with Crippen LogP contribution < -0.4 is 5.73 Å². The number of nitrogens with zero attached hydrogens (tertiary/aromatic N) is 5. The molecule has 2 heterocycles. The van der Waals surface area contributed by atoms with Crippen LogP contribution in [0.2, 0.25) is 0 Å². The lowest BCUT2D eigenvalue weighted by molar-refractivity contribution is 0.309. The zero-order valence-electron chi connectivity index (χ0n) is 12.2. The molecule has 110 valence electrons. The van der Waals surface area contributed by atoms with Crippen molar-refractivity contribution >= 4 is 5.69 Å². The van der Waals surface area contributed by atoms with E-state index in [1.54, 1.807) is 0 Å². The molecule has 1 aromatic heterocycles. The van der Waals surface area contributed by atoms with E-state index < -0.39 is 0 Å². The second-order valence-electron chi connectivity index (χ2n) is 6.19. The Morgan fingerprint density at radius 1 is 1.19 bits per heavy atom. The number of tetrazole rings is 1. The molecule has 6 heteroatoms. The molecule has 2 aromatic rings. The SMILES string of the molecule is Cc1cc(-c2nnnn2C2CCN(C3CC3)C2)ccc1N. The molecular formula is C15H20N6. The molecule has 0 radical (unpaired) electrons. The van der Waals surface area contributed by atoms with E-state index in [4.69, 9.17) is 5.73 Å². The summed E-state index contributed by atoms with van der Waals surface area (Å²) in [4.78, 5) is 2.57. The Labute approximate surface area is 123 Å². The zero-order chi connectivity index (χ0) is 14.4. The molecule has 0 spiro atoms. The van der Waals surface area contributed by atoms with Crippen LogP contribution in [-0.2, 0) is 0 Å². The van der Waals surface area contributed by atoms with E-state index in [0.717, 1.165) is 48.2 Å². The van der Waals surface area contributed by atoms with Crippen molar-refractivity contribution in [3.8, 4) is 11.4 Å². The zero-order valence-corrected chi connectivity index (χ0v) is 12.2. The summed E-state index contributed by atoms with van der Waals surface area (Å²) in [5, 5.41) is 12.4. The van der Waals surface area contributed by atoms with Crippen molar-refractivity contribution in [2.24, 2.45) is 0 Å². The average Bonchev–Trinajstić information content (AvgIpc) is 3.03. The highest BCUT2D eigenvalue weighted by molar-refractivity contribution is 5.61. The number of aromatic nitrogens is 4. The number of likely N-dealkylation sites (tertiary alicyclic amines) is 1. The molecule has 0 bridgehead atoms. The van der Waals surface area contributed by atoms with Gasteiger partial charge in [0.2, 0.25) is 0 Å². The number of hydrogen-bond donors (Lipinski definition) is 1. The number of aryl methyl sites for hydroxylation is 1.